The normalized spacial score (nSPS) is 13.3. The fourth-order valence-electron chi connectivity index (χ4n) is 2.11. The molecule has 1 aromatic heterocycles. The van der Waals surface area contributed by atoms with E-state index >= 15 is 0 Å². The van der Waals surface area contributed by atoms with Crippen molar-refractivity contribution < 1.29 is 8.42 Å². The Morgan fingerprint density at radius 2 is 1.86 bits per heavy atom. The molecule has 1 aromatic carbocycles. The molecule has 0 radical (unpaired) electrons. The first-order chi connectivity index (χ1) is 9.83. The van der Waals surface area contributed by atoms with E-state index in [1.54, 1.807) is 13.0 Å². The zero-order valence-corrected chi connectivity index (χ0v) is 14.0. The van der Waals surface area contributed by atoms with Crippen molar-refractivity contribution in [1.82, 2.24) is 4.72 Å². The monoisotopic (exact) mass is 324 g/mol. The molecule has 0 aliphatic carbocycles. The molecule has 0 fully saturated rings. The highest BCUT2D eigenvalue weighted by Crippen LogP contribution is 2.26. The van der Waals surface area contributed by atoms with E-state index in [0.29, 0.717) is 11.4 Å². The molecule has 2 rings (SSSR count). The molecule has 114 valence electrons. The zero-order valence-electron chi connectivity index (χ0n) is 12.4. The van der Waals surface area contributed by atoms with Gasteiger partial charge in [-0.3, -0.25) is 0 Å². The van der Waals surface area contributed by atoms with Crippen molar-refractivity contribution in [2.45, 2.75) is 38.3 Å². The second-order valence-electron chi connectivity index (χ2n) is 5.09. The van der Waals surface area contributed by atoms with Crippen molar-refractivity contribution >= 4 is 21.4 Å². The molecule has 0 bridgehead atoms. The summed E-state index contributed by atoms with van der Waals surface area (Å²) < 4.78 is 27.7. The number of thiophene rings is 1. The van der Waals surface area contributed by atoms with Crippen molar-refractivity contribution in [2.24, 2.45) is 5.73 Å². The maximum absolute atomic E-state index is 12.5. The number of aryl methyl sites for hydroxylation is 2. The van der Waals surface area contributed by atoms with Gasteiger partial charge in [0.1, 0.15) is 0 Å². The smallest absolute Gasteiger partial charge is 0.242 e. The standard InChI is InChI=1S/C15H20N2O2S2/c1-10-4-6-13(7-5-10)11(2)17-21(18,19)15-8-14(9-16)20-12(15)3/h4-8,11,17H,9,16H2,1-3H3. The van der Waals surface area contributed by atoms with Gasteiger partial charge in [-0.25, -0.2) is 13.1 Å². The fraction of sp³-hybridized carbons (Fsp3) is 0.333. The van der Waals surface area contributed by atoms with Crippen LogP contribution in [0.15, 0.2) is 35.2 Å². The number of rotatable bonds is 5. The summed E-state index contributed by atoms with van der Waals surface area (Å²) in [6, 6.07) is 9.20. The zero-order chi connectivity index (χ0) is 15.6. The van der Waals surface area contributed by atoms with Gasteiger partial charge in [-0.15, -0.1) is 11.3 Å². The third kappa shape index (κ3) is 3.71. The lowest BCUT2D eigenvalue weighted by Gasteiger charge is -2.14. The van der Waals surface area contributed by atoms with E-state index in [2.05, 4.69) is 4.72 Å². The van der Waals surface area contributed by atoms with Gasteiger partial charge in [0.25, 0.3) is 0 Å². The SMILES string of the molecule is Cc1ccc(C(C)NS(=O)(=O)c2cc(CN)sc2C)cc1. The Balaban J connectivity index is 2.24. The van der Waals surface area contributed by atoms with Crippen LogP contribution < -0.4 is 10.5 Å². The first-order valence-corrected chi connectivity index (χ1v) is 9.01. The van der Waals surface area contributed by atoms with E-state index in [9.17, 15) is 8.42 Å². The van der Waals surface area contributed by atoms with Crippen molar-refractivity contribution in [3.05, 3.63) is 51.2 Å². The van der Waals surface area contributed by atoms with Crippen LogP contribution in [0.3, 0.4) is 0 Å². The highest BCUT2D eigenvalue weighted by Gasteiger charge is 2.22. The highest BCUT2D eigenvalue weighted by molar-refractivity contribution is 7.89. The Morgan fingerprint density at radius 3 is 2.38 bits per heavy atom. The predicted molar refractivity (Wildman–Crippen MR) is 86.9 cm³/mol. The number of sulfonamides is 1. The number of nitrogens with two attached hydrogens (primary N) is 1. The first-order valence-electron chi connectivity index (χ1n) is 6.72. The summed E-state index contributed by atoms with van der Waals surface area (Å²) in [5.74, 6) is 0. The summed E-state index contributed by atoms with van der Waals surface area (Å²) in [6.45, 7) is 6.00. The lowest BCUT2D eigenvalue weighted by molar-refractivity contribution is 0.567. The molecule has 4 nitrogen and oxygen atoms in total. The maximum atomic E-state index is 12.5. The summed E-state index contributed by atoms with van der Waals surface area (Å²) in [6.07, 6.45) is 0. The average molecular weight is 324 g/mol. The summed E-state index contributed by atoms with van der Waals surface area (Å²) in [5, 5.41) is 0. The Hall–Kier alpha value is -1.21. The summed E-state index contributed by atoms with van der Waals surface area (Å²) in [4.78, 5) is 1.96. The van der Waals surface area contributed by atoms with Crippen LogP contribution >= 0.6 is 11.3 Å². The summed E-state index contributed by atoms with van der Waals surface area (Å²) >= 11 is 1.42. The van der Waals surface area contributed by atoms with E-state index < -0.39 is 10.0 Å². The molecule has 0 aliphatic heterocycles. The molecule has 6 heteroatoms. The number of hydrogen-bond donors (Lipinski definition) is 2. The molecule has 2 aromatic rings. The van der Waals surface area contributed by atoms with Gasteiger partial charge in [-0.05, 0) is 32.4 Å². The average Bonchev–Trinajstić information content (AvgIpc) is 2.81. The minimum absolute atomic E-state index is 0.281. The molecule has 1 heterocycles. The number of benzene rings is 1. The third-order valence-corrected chi connectivity index (χ3v) is 6.19. The Bertz CT molecular complexity index is 719. The van der Waals surface area contributed by atoms with Crippen molar-refractivity contribution in [2.75, 3.05) is 0 Å². The minimum Gasteiger partial charge on any atom is -0.326 e. The van der Waals surface area contributed by atoms with E-state index in [1.807, 2.05) is 38.1 Å². The van der Waals surface area contributed by atoms with E-state index in [0.717, 1.165) is 20.9 Å². The van der Waals surface area contributed by atoms with Crippen LogP contribution in [0.2, 0.25) is 0 Å². The van der Waals surface area contributed by atoms with Crippen LogP contribution in [0.5, 0.6) is 0 Å². The summed E-state index contributed by atoms with van der Waals surface area (Å²) in [5.41, 5.74) is 7.67. The van der Waals surface area contributed by atoms with E-state index in [4.69, 9.17) is 5.73 Å². The molecular formula is C15H20N2O2S2. The topological polar surface area (TPSA) is 72.2 Å². The largest absolute Gasteiger partial charge is 0.326 e. The van der Waals surface area contributed by atoms with Gasteiger partial charge in [-0.2, -0.15) is 0 Å². The molecule has 0 spiro atoms. The molecule has 0 saturated carbocycles. The lowest BCUT2D eigenvalue weighted by atomic mass is 10.1. The van der Waals surface area contributed by atoms with E-state index in [-0.39, 0.29) is 6.04 Å². The molecule has 0 aliphatic rings. The predicted octanol–water partition coefficient (Wildman–Crippen LogP) is 2.86. The van der Waals surface area contributed by atoms with Crippen molar-refractivity contribution in [3.63, 3.8) is 0 Å². The molecule has 21 heavy (non-hydrogen) atoms. The highest BCUT2D eigenvalue weighted by atomic mass is 32.2. The van der Waals surface area contributed by atoms with Crippen LogP contribution in [-0.4, -0.2) is 8.42 Å². The van der Waals surface area contributed by atoms with Gasteiger partial charge in [-0.1, -0.05) is 29.8 Å². The number of nitrogens with one attached hydrogen (secondary N) is 1. The minimum atomic E-state index is -3.53. The number of hydrogen-bond acceptors (Lipinski definition) is 4. The Labute approximate surface area is 130 Å². The van der Waals surface area contributed by atoms with Crippen LogP contribution in [0.25, 0.3) is 0 Å². The second kappa shape index (κ2) is 6.27. The van der Waals surface area contributed by atoms with Gasteiger partial charge < -0.3 is 5.73 Å². The molecule has 1 unspecified atom stereocenters. The molecule has 0 amide bonds. The lowest BCUT2D eigenvalue weighted by Crippen LogP contribution is -2.27. The molecule has 3 N–H and O–H groups in total. The summed E-state index contributed by atoms with van der Waals surface area (Å²) in [7, 11) is -3.53. The Morgan fingerprint density at radius 1 is 1.24 bits per heavy atom. The van der Waals surface area contributed by atoms with Crippen LogP contribution in [0.1, 0.15) is 33.8 Å². The third-order valence-electron chi connectivity index (χ3n) is 3.32. The van der Waals surface area contributed by atoms with Crippen LogP contribution in [0, 0.1) is 13.8 Å². The first kappa shape index (κ1) is 16.2. The Kier molecular flexibility index (Phi) is 4.83. The van der Waals surface area contributed by atoms with Crippen molar-refractivity contribution in [1.29, 1.82) is 0 Å². The van der Waals surface area contributed by atoms with Crippen LogP contribution in [0.4, 0.5) is 0 Å². The second-order valence-corrected chi connectivity index (χ2v) is 8.11. The molecule has 1 atom stereocenters. The molecule has 0 saturated heterocycles. The van der Waals surface area contributed by atoms with Crippen molar-refractivity contribution in [3.8, 4) is 0 Å². The quantitative estimate of drug-likeness (QED) is 0.888. The van der Waals surface area contributed by atoms with Gasteiger partial charge in [0.15, 0.2) is 0 Å². The fourth-order valence-corrected chi connectivity index (χ4v) is 4.86. The van der Waals surface area contributed by atoms with Gasteiger partial charge >= 0.3 is 0 Å². The van der Waals surface area contributed by atoms with Gasteiger partial charge in [0, 0.05) is 22.3 Å². The molecular weight excluding hydrogens is 304 g/mol. The van der Waals surface area contributed by atoms with Gasteiger partial charge in [0.2, 0.25) is 10.0 Å². The maximum Gasteiger partial charge on any atom is 0.242 e. The van der Waals surface area contributed by atoms with Crippen LogP contribution in [-0.2, 0) is 16.6 Å². The van der Waals surface area contributed by atoms with E-state index in [1.165, 1.54) is 11.3 Å². The van der Waals surface area contributed by atoms with Gasteiger partial charge in [0.05, 0.1) is 4.90 Å².